The maximum atomic E-state index is 12.6. The Bertz CT molecular complexity index is 1150. The van der Waals surface area contributed by atoms with Crippen LogP contribution in [0.2, 0.25) is 5.02 Å². The molecule has 1 aliphatic carbocycles. The van der Waals surface area contributed by atoms with Crippen LogP contribution in [0.15, 0.2) is 41.2 Å². The van der Waals surface area contributed by atoms with Crippen LogP contribution in [-0.2, 0) is 4.74 Å². The highest BCUT2D eigenvalue weighted by molar-refractivity contribution is 6.31. The molecule has 7 nitrogen and oxygen atoms in total. The zero-order valence-electron chi connectivity index (χ0n) is 17.5. The number of fused-ring (bicyclic) bond motifs is 1. The largest absolute Gasteiger partial charge is 0.522 e. The molecule has 0 unspecified atom stereocenters. The molecule has 11 heteroatoms. The number of furan rings is 1. The van der Waals surface area contributed by atoms with Crippen LogP contribution < -0.4 is 5.43 Å². The molecule has 33 heavy (non-hydrogen) atoms. The van der Waals surface area contributed by atoms with Crippen LogP contribution in [0, 0.1) is 0 Å². The number of rotatable bonds is 5. The minimum absolute atomic E-state index is 0.00309. The number of alkyl halides is 3. The van der Waals surface area contributed by atoms with Crippen molar-refractivity contribution in [3.8, 4) is 0 Å². The lowest BCUT2D eigenvalue weighted by Crippen LogP contribution is -2.46. The molecule has 1 saturated carbocycles. The number of aromatic nitrogens is 2. The van der Waals surface area contributed by atoms with Gasteiger partial charge in [-0.15, -0.1) is 13.2 Å². The SMILES string of the molecule is O=C(NN1CCC(n2cnc(C3CC(OC(F)(F)F)C3)c2)CC1)c1cc2cc(Cl)ccc2o1. The number of carbonyl (C=O) groups excluding carboxylic acids is 1. The fraction of sp³-hybridized carbons (Fsp3) is 0.455. The number of hydrogen-bond acceptors (Lipinski definition) is 5. The molecule has 1 N–H and O–H groups in total. The van der Waals surface area contributed by atoms with Crippen molar-refractivity contribution in [3.63, 3.8) is 0 Å². The van der Waals surface area contributed by atoms with E-state index in [-0.39, 0.29) is 23.6 Å². The molecule has 2 fully saturated rings. The third kappa shape index (κ3) is 5.02. The first-order valence-electron chi connectivity index (χ1n) is 10.8. The number of nitrogens with one attached hydrogen (secondary N) is 1. The quantitative estimate of drug-likeness (QED) is 0.551. The first-order valence-corrected chi connectivity index (χ1v) is 11.1. The molecule has 3 heterocycles. The van der Waals surface area contributed by atoms with Crippen molar-refractivity contribution in [3.05, 3.63) is 53.3 Å². The molecule has 0 spiro atoms. The zero-order chi connectivity index (χ0) is 23.2. The summed E-state index contributed by atoms with van der Waals surface area (Å²) in [6.07, 6.45) is 0.557. The van der Waals surface area contributed by atoms with Crippen LogP contribution in [0.4, 0.5) is 13.2 Å². The van der Waals surface area contributed by atoms with Gasteiger partial charge in [0.1, 0.15) is 5.58 Å². The van der Waals surface area contributed by atoms with E-state index in [1.807, 2.05) is 15.8 Å². The summed E-state index contributed by atoms with van der Waals surface area (Å²) in [5.74, 6) is -0.0927. The zero-order valence-corrected chi connectivity index (χ0v) is 18.3. The lowest BCUT2D eigenvalue weighted by atomic mass is 9.80. The lowest BCUT2D eigenvalue weighted by molar-refractivity contribution is -0.351. The van der Waals surface area contributed by atoms with Gasteiger partial charge in [-0.25, -0.2) is 9.99 Å². The van der Waals surface area contributed by atoms with Crippen molar-refractivity contribution in [1.82, 2.24) is 20.0 Å². The van der Waals surface area contributed by atoms with E-state index in [1.165, 1.54) is 0 Å². The highest BCUT2D eigenvalue weighted by atomic mass is 35.5. The van der Waals surface area contributed by atoms with E-state index in [4.69, 9.17) is 16.0 Å². The number of carbonyl (C=O) groups is 1. The summed E-state index contributed by atoms with van der Waals surface area (Å²) in [6.45, 7) is 1.31. The Kier molecular flexibility index (Phi) is 5.84. The van der Waals surface area contributed by atoms with Crippen molar-refractivity contribution >= 4 is 28.5 Å². The minimum Gasteiger partial charge on any atom is -0.451 e. The summed E-state index contributed by atoms with van der Waals surface area (Å²) >= 11 is 5.98. The van der Waals surface area contributed by atoms with Crippen LogP contribution >= 0.6 is 11.6 Å². The molecular weight excluding hydrogens is 461 g/mol. The molecule has 1 aliphatic heterocycles. The molecular formula is C22H22ClF3N4O3. The molecule has 2 aliphatic rings. The van der Waals surface area contributed by atoms with Gasteiger partial charge in [0.05, 0.1) is 18.1 Å². The monoisotopic (exact) mass is 482 g/mol. The minimum atomic E-state index is -4.59. The van der Waals surface area contributed by atoms with Crippen LogP contribution in [-0.4, -0.2) is 46.0 Å². The first-order chi connectivity index (χ1) is 15.7. The van der Waals surface area contributed by atoms with E-state index in [1.54, 1.807) is 30.6 Å². The van der Waals surface area contributed by atoms with E-state index < -0.39 is 12.5 Å². The lowest BCUT2D eigenvalue weighted by Gasteiger charge is -2.34. The molecule has 0 bridgehead atoms. The predicted octanol–water partition coefficient (Wildman–Crippen LogP) is 5.05. The van der Waals surface area contributed by atoms with Gasteiger partial charge in [-0.2, -0.15) is 0 Å². The summed E-state index contributed by atoms with van der Waals surface area (Å²) in [5.41, 5.74) is 4.29. The van der Waals surface area contributed by atoms with E-state index in [9.17, 15) is 18.0 Å². The highest BCUT2D eigenvalue weighted by Gasteiger charge is 2.41. The Morgan fingerprint density at radius 3 is 2.70 bits per heavy atom. The summed E-state index contributed by atoms with van der Waals surface area (Å²) < 4.78 is 48.6. The van der Waals surface area contributed by atoms with E-state index >= 15 is 0 Å². The van der Waals surface area contributed by atoms with Crippen molar-refractivity contribution in [2.75, 3.05) is 13.1 Å². The smallest absolute Gasteiger partial charge is 0.451 e. The topological polar surface area (TPSA) is 72.5 Å². The molecule has 3 aromatic rings. The molecule has 1 aromatic carbocycles. The van der Waals surface area contributed by atoms with Gasteiger partial charge in [0, 0.05) is 41.7 Å². The fourth-order valence-electron chi connectivity index (χ4n) is 4.46. The van der Waals surface area contributed by atoms with Gasteiger partial charge < -0.3 is 8.98 Å². The summed E-state index contributed by atoms with van der Waals surface area (Å²) in [5, 5.41) is 3.21. The van der Waals surface area contributed by atoms with E-state index in [2.05, 4.69) is 15.1 Å². The average Bonchev–Trinajstić information content (AvgIpc) is 3.37. The summed E-state index contributed by atoms with van der Waals surface area (Å²) in [4.78, 5) is 17.0. The van der Waals surface area contributed by atoms with Crippen LogP contribution in [0.3, 0.4) is 0 Å². The van der Waals surface area contributed by atoms with Crippen LogP contribution in [0.1, 0.15) is 53.9 Å². The summed E-state index contributed by atoms with van der Waals surface area (Å²) in [6, 6.07) is 7.07. The number of hydrogen-bond donors (Lipinski definition) is 1. The Hall–Kier alpha value is -2.56. The number of halogens is 4. The Morgan fingerprint density at radius 2 is 1.97 bits per heavy atom. The Labute approximate surface area is 192 Å². The predicted molar refractivity (Wildman–Crippen MR) is 114 cm³/mol. The van der Waals surface area contributed by atoms with Gasteiger partial charge in [-0.3, -0.25) is 15.0 Å². The normalized spacial score (nSPS) is 22.4. The average molecular weight is 483 g/mol. The maximum Gasteiger partial charge on any atom is 0.522 e. The van der Waals surface area contributed by atoms with Gasteiger partial charge in [-0.05, 0) is 49.9 Å². The maximum absolute atomic E-state index is 12.6. The number of benzene rings is 1. The molecule has 5 rings (SSSR count). The molecule has 0 radical (unpaired) electrons. The van der Waals surface area contributed by atoms with Crippen molar-refractivity contribution in [1.29, 1.82) is 0 Å². The van der Waals surface area contributed by atoms with E-state index in [0.29, 0.717) is 36.5 Å². The second-order valence-corrected chi connectivity index (χ2v) is 8.99. The number of nitrogens with zero attached hydrogens (tertiary/aromatic N) is 3. The van der Waals surface area contributed by atoms with Gasteiger partial charge in [-0.1, -0.05) is 11.6 Å². The second-order valence-electron chi connectivity index (χ2n) is 8.55. The number of hydrazine groups is 1. The van der Waals surface area contributed by atoms with Crippen molar-refractivity contribution < 1.29 is 27.1 Å². The van der Waals surface area contributed by atoms with Gasteiger partial charge in [0.15, 0.2) is 5.76 Å². The Balaban J connectivity index is 1.11. The molecule has 1 amide bonds. The van der Waals surface area contributed by atoms with Crippen molar-refractivity contribution in [2.24, 2.45) is 0 Å². The molecule has 1 saturated heterocycles. The number of piperidine rings is 1. The number of amides is 1. The van der Waals surface area contributed by atoms with Crippen LogP contribution in [0.5, 0.6) is 0 Å². The van der Waals surface area contributed by atoms with Gasteiger partial charge in [0.2, 0.25) is 0 Å². The first kappa shape index (κ1) is 22.2. The van der Waals surface area contributed by atoms with E-state index in [0.717, 1.165) is 23.9 Å². The highest BCUT2D eigenvalue weighted by Crippen LogP contribution is 2.41. The van der Waals surface area contributed by atoms with Gasteiger partial charge >= 0.3 is 12.3 Å². The number of imidazole rings is 1. The summed E-state index contributed by atoms with van der Waals surface area (Å²) in [7, 11) is 0. The Morgan fingerprint density at radius 1 is 1.21 bits per heavy atom. The third-order valence-corrected chi connectivity index (χ3v) is 6.52. The molecule has 0 atom stereocenters. The van der Waals surface area contributed by atoms with Crippen molar-refractivity contribution in [2.45, 2.75) is 50.1 Å². The molecule has 2 aromatic heterocycles. The third-order valence-electron chi connectivity index (χ3n) is 6.28. The second kappa shape index (κ2) is 8.66. The van der Waals surface area contributed by atoms with Crippen LogP contribution in [0.25, 0.3) is 11.0 Å². The van der Waals surface area contributed by atoms with Gasteiger partial charge in [0.25, 0.3) is 0 Å². The molecule has 176 valence electrons. The standard InChI is InChI=1S/C22H22ClF3N4O3/c23-15-1-2-19-14(7-15)10-20(32-19)21(31)28-30-5-3-16(4-6-30)29-11-18(27-12-29)13-8-17(9-13)33-22(24,25)26/h1-2,7,10-13,16-17H,3-6,8-9H2,(H,28,31). The number of ether oxygens (including phenoxy) is 1. The fourth-order valence-corrected chi connectivity index (χ4v) is 4.64.